The molecule has 1 fully saturated rings. The van der Waals surface area contributed by atoms with E-state index in [0.717, 1.165) is 18.6 Å². The van der Waals surface area contributed by atoms with E-state index in [2.05, 4.69) is 6.08 Å². The van der Waals surface area contributed by atoms with E-state index in [-0.39, 0.29) is 18.1 Å². The average molecular weight is 336 g/mol. The van der Waals surface area contributed by atoms with Gasteiger partial charge < -0.3 is 14.7 Å². The normalized spacial score (nSPS) is 21.8. The van der Waals surface area contributed by atoms with Crippen molar-refractivity contribution in [1.29, 1.82) is 0 Å². The molecule has 1 heterocycles. The first-order valence-electron chi connectivity index (χ1n) is 8.10. The van der Waals surface area contributed by atoms with Crippen molar-refractivity contribution in [1.82, 2.24) is 4.90 Å². The molecule has 0 aromatic heterocycles. The lowest BCUT2D eigenvalue weighted by atomic mass is 10.00. The molecular formula is C18H26NO3S+. The second kappa shape index (κ2) is 8.00. The molecule has 0 saturated carbocycles. The summed E-state index contributed by atoms with van der Waals surface area (Å²) in [6.45, 7) is 6.85. The van der Waals surface area contributed by atoms with Gasteiger partial charge in [-0.2, -0.15) is 0 Å². The summed E-state index contributed by atoms with van der Waals surface area (Å²) < 4.78 is 5.39. The summed E-state index contributed by atoms with van der Waals surface area (Å²) in [5, 5.41) is 10.4. The van der Waals surface area contributed by atoms with E-state index >= 15 is 0 Å². The van der Waals surface area contributed by atoms with Crippen LogP contribution in [0.5, 0.6) is 0 Å². The predicted molar refractivity (Wildman–Crippen MR) is 94.0 cm³/mol. The van der Waals surface area contributed by atoms with Gasteiger partial charge >= 0.3 is 6.09 Å². The topological polar surface area (TPSA) is 49.8 Å². The van der Waals surface area contributed by atoms with Gasteiger partial charge in [-0.15, -0.1) is 0 Å². The number of carbonyl (C=O) groups excluding carboxylic acids is 1. The van der Waals surface area contributed by atoms with Crippen LogP contribution >= 0.6 is 11.8 Å². The van der Waals surface area contributed by atoms with E-state index in [1.165, 1.54) is 4.91 Å². The van der Waals surface area contributed by atoms with Crippen LogP contribution in [0.4, 0.5) is 4.79 Å². The lowest BCUT2D eigenvalue weighted by molar-refractivity contribution is 0.0268. The molecule has 0 radical (unpaired) electrons. The highest BCUT2D eigenvalue weighted by Crippen LogP contribution is 2.26. The highest BCUT2D eigenvalue weighted by molar-refractivity contribution is 8.03. The van der Waals surface area contributed by atoms with Crippen molar-refractivity contribution in [2.75, 3.05) is 18.8 Å². The third-order valence-corrected chi connectivity index (χ3v) is 4.84. The fraction of sp³-hybridized carbons (Fsp3) is 0.611. The number of nitrogens with zero attached hydrogens (tertiary/aromatic N) is 1. The van der Waals surface area contributed by atoms with Gasteiger partial charge in [-0.1, -0.05) is 11.8 Å². The number of rotatable bonds is 5. The first-order valence-corrected chi connectivity index (χ1v) is 9.08. The molecule has 5 heteroatoms. The standard InChI is InChI=1S/C18H26NO3S/c1-18(2,3)22-17(21)19-11-9-14(13-19)16(20)10-12-23-15-7-5-4-6-8-15/h5-8,14,16,20H,9-13H2,1-3H3/q+1/t14-,16+/m0/s1. The zero-order valence-electron chi connectivity index (χ0n) is 14.1. The van der Waals surface area contributed by atoms with Gasteiger partial charge in [0.15, 0.2) is 0 Å². The van der Waals surface area contributed by atoms with E-state index in [1.807, 2.05) is 45.1 Å². The lowest BCUT2D eigenvalue weighted by Gasteiger charge is -2.25. The van der Waals surface area contributed by atoms with Crippen LogP contribution in [0.25, 0.3) is 0 Å². The van der Waals surface area contributed by atoms with Gasteiger partial charge in [0.1, 0.15) is 22.7 Å². The van der Waals surface area contributed by atoms with Crippen LogP contribution < -0.4 is 0 Å². The number of hydrogen-bond donors (Lipinski definition) is 1. The Bertz CT molecular complexity index is 505. The predicted octanol–water partition coefficient (Wildman–Crippen LogP) is 3.54. The van der Waals surface area contributed by atoms with E-state index in [4.69, 9.17) is 4.74 Å². The molecule has 2 atom stereocenters. The first-order chi connectivity index (χ1) is 10.8. The van der Waals surface area contributed by atoms with Gasteiger partial charge in [0, 0.05) is 30.8 Å². The summed E-state index contributed by atoms with van der Waals surface area (Å²) in [5.41, 5.74) is -0.475. The van der Waals surface area contributed by atoms with Crippen LogP contribution in [-0.4, -0.2) is 46.6 Å². The number of thioether (sulfide) groups is 1. The van der Waals surface area contributed by atoms with Crippen LogP contribution in [0.2, 0.25) is 0 Å². The summed E-state index contributed by atoms with van der Waals surface area (Å²) in [4.78, 5) is 14.9. The maximum Gasteiger partial charge on any atom is 0.410 e. The molecule has 1 amide bonds. The Morgan fingerprint density at radius 2 is 2.35 bits per heavy atom. The van der Waals surface area contributed by atoms with E-state index in [9.17, 15) is 9.90 Å². The molecule has 23 heavy (non-hydrogen) atoms. The summed E-state index contributed by atoms with van der Waals surface area (Å²) in [6.07, 6.45) is 11.8. The lowest BCUT2D eigenvalue weighted by Crippen LogP contribution is -2.36. The molecule has 0 unspecified atom stereocenters. The van der Waals surface area contributed by atoms with Gasteiger partial charge in [-0.3, -0.25) is 0 Å². The SMILES string of the molecule is CC(C)(C)OC(=O)N1CC[C@H]([C@H](O)CCSC2=CC=[C+]C=C2)C1. The molecule has 1 aliphatic carbocycles. The summed E-state index contributed by atoms with van der Waals surface area (Å²) >= 11 is 1.74. The Balaban J connectivity index is 1.71. The number of likely N-dealkylation sites (tertiary alicyclic amines) is 1. The molecule has 0 bridgehead atoms. The fourth-order valence-electron chi connectivity index (χ4n) is 2.59. The van der Waals surface area contributed by atoms with Crippen molar-refractivity contribution in [3.05, 3.63) is 35.3 Å². The molecule has 1 aliphatic heterocycles. The second-order valence-electron chi connectivity index (χ2n) is 6.92. The zero-order chi connectivity index (χ0) is 16.9. The molecule has 0 spiro atoms. The maximum absolute atomic E-state index is 12.0. The average Bonchev–Trinajstić information content (AvgIpc) is 2.96. The molecule has 2 aliphatic rings. The number of hydrogen-bond acceptors (Lipinski definition) is 4. The summed E-state index contributed by atoms with van der Waals surface area (Å²) in [5.74, 6) is 1.01. The molecule has 0 aromatic carbocycles. The van der Waals surface area contributed by atoms with Crippen molar-refractivity contribution in [3.63, 3.8) is 0 Å². The largest absolute Gasteiger partial charge is 0.444 e. The van der Waals surface area contributed by atoms with Crippen LogP contribution in [0.15, 0.2) is 29.2 Å². The van der Waals surface area contributed by atoms with E-state index in [1.54, 1.807) is 16.7 Å². The van der Waals surface area contributed by atoms with Crippen molar-refractivity contribution in [2.45, 2.75) is 45.3 Å². The Hall–Kier alpha value is -1.29. The third-order valence-electron chi connectivity index (χ3n) is 3.79. The van der Waals surface area contributed by atoms with E-state index in [0.29, 0.717) is 13.1 Å². The van der Waals surface area contributed by atoms with Crippen LogP contribution in [-0.2, 0) is 4.74 Å². The van der Waals surface area contributed by atoms with Gasteiger partial charge in [0.2, 0.25) is 0 Å². The molecule has 2 rings (SSSR count). The van der Waals surface area contributed by atoms with Crippen molar-refractivity contribution in [3.8, 4) is 0 Å². The minimum Gasteiger partial charge on any atom is -0.444 e. The Kier molecular flexibility index (Phi) is 6.28. The second-order valence-corrected chi connectivity index (χ2v) is 8.08. The number of aliphatic hydroxyl groups excluding tert-OH is 1. The van der Waals surface area contributed by atoms with Gasteiger partial charge in [-0.05, 0) is 33.6 Å². The van der Waals surface area contributed by atoms with Gasteiger partial charge in [0.25, 0.3) is 0 Å². The highest BCUT2D eigenvalue weighted by Gasteiger charge is 2.33. The van der Waals surface area contributed by atoms with Crippen molar-refractivity contribution in [2.24, 2.45) is 5.92 Å². The number of carbonyl (C=O) groups is 1. The van der Waals surface area contributed by atoms with Gasteiger partial charge in [0.05, 0.1) is 18.3 Å². The minimum absolute atomic E-state index is 0.146. The Morgan fingerprint density at radius 1 is 1.57 bits per heavy atom. The zero-order valence-corrected chi connectivity index (χ0v) is 14.9. The summed E-state index contributed by atoms with van der Waals surface area (Å²) in [7, 11) is 0. The van der Waals surface area contributed by atoms with Crippen LogP contribution in [0.3, 0.4) is 0 Å². The molecule has 126 valence electrons. The molecule has 0 aromatic rings. The monoisotopic (exact) mass is 336 g/mol. The number of aliphatic hydroxyl groups is 1. The number of amides is 1. The van der Waals surface area contributed by atoms with Crippen molar-refractivity contribution >= 4 is 17.9 Å². The minimum atomic E-state index is -0.475. The smallest absolute Gasteiger partial charge is 0.410 e. The number of ether oxygens (including phenoxy) is 1. The summed E-state index contributed by atoms with van der Waals surface area (Å²) in [6, 6.07) is 0. The molecule has 1 N–H and O–H groups in total. The molecular weight excluding hydrogens is 310 g/mol. The maximum atomic E-state index is 12.0. The van der Waals surface area contributed by atoms with Crippen molar-refractivity contribution < 1.29 is 14.6 Å². The highest BCUT2D eigenvalue weighted by atomic mass is 32.2. The van der Waals surface area contributed by atoms with Gasteiger partial charge in [-0.25, -0.2) is 4.79 Å². The third kappa shape index (κ3) is 6.02. The number of allylic oxidation sites excluding steroid dienone is 5. The van der Waals surface area contributed by atoms with Crippen LogP contribution in [0, 0.1) is 12.0 Å². The van der Waals surface area contributed by atoms with E-state index < -0.39 is 5.60 Å². The fourth-order valence-corrected chi connectivity index (χ4v) is 3.52. The van der Waals surface area contributed by atoms with Crippen LogP contribution in [0.1, 0.15) is 33.6 Å². The first kappa shape index (κ1) is 18.1. The Morgan fingerprint density at radius 3 is 3.00 bits per heavy atom. The Labute approximate surface area is 143 Å². The molecule has 4 nitrogen and oxygen atoms in total. The molecule has 1 saturated heterocycles. The quantitative estimate of drug-likeness (QED) is 0.780.